The topological polar surface area (TPSA) is 66.4 Å². The molecule has 1 aromatic heterocycles. The van der Waals surface area contributed by atoms with E-state index in [4.69, 9.17) is 16.7 Å². The summed E-state index contributed by atoms with van der Waals surface area (Å²) in [7, 11) is 0. The van der Waals surface area contributed by atoms with Gasteiger partial charge in [-0.2, -0.15) is 0 Å². The molecule has 0 unspecified atom stereocenters. The standard InChI is InChI=1S/C12H6Br2ClNO3S/c13-9-4-7(10(14)20-9)11(17)16-8-3-5(15)1-2-6(8)12(18)19/h1-4H,(H,16,17)(H,18,19). The van der Waals surface area contributed by atoms with E-state index < -0.39 is 11.9 Å². The van der Waals surface area contributed by atoms with Crippen LogP contribution in [0.2, 0.25) is 5.02 Å². The van der Waals surface area contributed by atoms with Gasteiger partial charge in [0, 0.05) is 5.02 Å². The highest BCUT2D eigenvalue weighted by atomic mass is 79.9. The van der Waals surface area contributed by atoms with Crippen LogP contribution in [0.1, 0.15) is 20.7 Å². The first-order valence-corrected chi connectivity index (χ1v) is 7.95. The van der Waals surface area contributed by atoms with Crippen molar-refractivity contribution in [1.82, 2.24) is 0 Å². The minimum Gasteiger partial charge on any atom is -0.478 e. The van der Waals surface area contributed by atoms with Crippen LogP contribution >= 0.6 is 54.8 Å². The molecular weight excluding hydrogens is 433 g/mol. The molecule has 104 valence electrons. The summed E-state index contributed by atoms with van der Waals surface area (Å²) in [4.78, 5) is 23.3. The average molecular weight is 440 g/mol. The minimum absolute atomic E-state index is 0.0202. The molecule has 1 heterocycles. The van der Waals surface area contributed by atoms with E-state index in [9.17, 15) is 9.59 Å². The SMILES string of the molecule is O=C(O)c1ccc(Cl)cc1NC(=O)c1cc(Br)sc1Br. The number of carboxylic acids is 1. The van der Waals surface area contributed by atoms with Gasteiger partial charge in [-0.25, -0.2) is 4.79 Å². The number of aromatic carboxylic acids is 1. The van der Waals surface area contributed by atoms with Crippen molar-refractivity contribution < 1.29 is 14.7 Å². The fourth-order valence-electron chi connectivity index (χ4n) is 1.49. The van der Waals surface area contributed by atoms with Gasteiger partial charge in [0.25, 0.3) is 5.91 Å². The molecule has 2 rings (SSSR count). The Morgan fingerprint density at radius 1 is 1.20 bits per heavy atom. The zero-order valence-electron chi connectivity index (χ0n) is 9.62. The van der Waals surface area contributed by atoms with E-state index in [1.165, 1.54) is 29.5 Å². The second-order valence-corrected chi connectivity index (χ2v) is 7.87. The van der Waals surface area contributed by atoms with Crippen LogP contribution in [-0.4, -0.2) is 17.0 Å². The van der Waals surface area contributed by atoms with E-state index in [0.29, 0.717) is 14.4 Å². The Morgan fingerprint density at radius 3 is 2.45 bits per heavy atom. The lowest BCUT2D eigenvalue weighted by molar-refractivity contribution is 0.0698. The Balaban J connectivity index is 2.34. The first kappa shape index (κ1) is 15.5. The van der Waals surface area contributed by atoms with Crippen LogP contribution in [0.5, 0.6) is 0 Å². The number of benzene rings is 1. The van der Waals surface area contributed by atoms with Crippen LogP contribution in [0.4, 0.5) is 5.69 Å². The molecule has 2 N–H and O–H groups in total. The number of rotatable bonds is 3. The average Bonchev–Trinajstić information content (AvgIpc) is 2.68. The smallest absolute Gasteiger partial charge is 0.337 e. The van der Waals surface area contributed by atoms with Crippen molar-refractivity contribution in [1.29, 1.82) is 0 Å². The van der Waals surface area contributed by atoms with Crippen molar-refractivity contribution in [3.63, 3.8) is 0 Å². The van der Waals surface area contributed by atoms with E-state index in [-0.39, 0.29) is 11.3 Å². The molecule has 0 bridgehead atoms. The van der Waals surface area contributed by atoms with Gasteiger partial charge in [-0.15, -0.1) is 11.3 Å². The van der Waals surface area contributed by atoms with Gasteiger partial charge in [0.1, 0.15) is 0 Å². The van der Waals surface area contributed by atoms with E-state index in [1.54, 1.807) is 6.07 Å². The fraction of sp³-hybridized carbons (Fsp3) is 0. The Bertz CT molecular complexity index is 702. The number of halogens is 3. The summed E-state index contributed by atoms with van der Waals surface area (Å²) in [5.41, 5.74) is 0.551. The van der Waals surface area contributed by atoms with Crippen molar-refractivity contribution in [3.8, 4) is 0 Å². The normalized spacial score (nSPS) is 10.3. The minimum atomic E-state index is -1.14. The summed E-state index contributed by atoms with van der Waals surface area (Å²) in [5, 5.41) is 12.0. The molecule has 0 fully saturated rings. The molecule has 8 heteroatoms. The molecule has 2 aromatic rings. The third kappa shape index (κ3) is 3.41. The summed E-state index contributed by atoms with van der Waals surface area (Å²) in [5.74, 6) is -1.55. The van der Waals surface area contributed by atoms with Gasteiger partial charge >= 0.3 is 5.97 Å². The molecule has 20 heavy (non-hydrogen) atoms. The number of hydrogen-bond acceptors (Lipinski definition) is 3. The quantitative estimate of drug-likeness (QED) is 0.717. The zero-order chi connectivity index (χ0) is 14.9. The predicted molar refractivity (Wildman–Crippen MR) is 86.1 cm³/mol. The highest BCUT2D eigenvalue weighted by Crippen LogP contribution is 2.32. The molecule has 0 aliphatic carbocycles. The lowest BCUT2D eigenvalue weighted by Crippen LogP contribution is -2.14. The van der Waals surface area contributed by atoms with Gasteiger partial charge in [0.15, 0.2) is 0 Å². The Labute approximate surface area is 140 Å². The summed E-state index contributed by atoms with van der Waals surface area (Å²) in [6.45, 7) is 0. The van der Waals surface area contributed by atoms with Gasteiger partial charge in [-0.1, -0.05) is 11.6 Å². The monoisotopic (exact) mass is 437 g/mol. The number of hydrogen-bond donors (Lipinski definition) is 2. The van der Waals surface area contributed by atoms with Crippen LogP contribution in [0.25, 0.3) is 0 Å². The highest BCUT2D eigenvalue weighted by Gasteiger charge is 2.17. The first-order valence-electron chi connectivity index (χ1n) is 5.17. The predicted octanol–water partition coefficient (Wildman–Crippen LogP) is 4.88. The lowest BCUT2D eigenvalue weighted by Gasteiger charge is -2.08. The molecule has 1 aromatic carbocycles. The molecule has 0 saturated carbocycles. The number of carboxylic acid groups (broad SMARTS) is 1. The van der Waals surface area contributed by atoms with E-state index in [2.05, 4.69) is 37.2 Å². The van der Waals surface area contributed by atoms with Crippen molar-refractivity contribution in [3.05, 3.63) is 48.0 Å². The first-order chi connectivity index (χ1) is 9.38. The maximum Gasteiger partial charge on any atom is 0.337 e. The number of anilines is 1. The summed E-state index contributed by atoms with van der Waals surface area (Å²) in [6.07, 6.45) is 0. The van der Waals surface area contributed by atoms with Crippen LogP contribution in [0.15, 0.2) is 31.8 Å². The van der Waals surface area contributed by atoms with Gasteiger partial charge in [0.2, 0.25) is 0 Å². The molecule has 0 aliphatic rings. The maximum atomic E-state index is 12.1. The molecule has 4 nitrogen and oxygen atoms in total. The van der Waals surface area contributed by atoms with Gasteiger partial charge in [-0.05, 0) is 56.1 Å². The summed E-state index contributed by atoms with van der Waals surface area (Å²) in [6, 6.07) is 5.85. The van der Waals surface area contributed by atoms with Crippen LogP contribution in [0, 0.1) is 0 Å². The van der Waals surface area contributed by atoms with Crippen LogP contribution in [0.3, 0.4) is 0 Å². The Hall–Kier alpha value is -0.890. The molecule has 0 radical (unpaired) electrons. The molecule has 0 atom stereocenters. The largest absolute Gasteiger partial charge is 0.478 e. The molecule has 1 amide bonds. The molecular formula is C12H6Br2ClNO3S. The van der Waals surface area contributed by atoms with E-state index >= 15 is 0 Å². The number of nitrogens with one attached hydrogen (secondary N) is 1. The summed E-state index contributed by atoms with van der Waals surface area (Å²) >= 11 is 13.7. The van der Waals surface area contributed by atoms with Crippen molar-refractivity contribution in [2.24, 2.45) is 0 Å². The molecule has 0 spiro atoms. The number of carbonyl (C=O) groups excluding carboxylic acids is 1. The van der Waals surface area contributed by atoms with Gasteiger partial charge < -0.3 is 10.4 Å². The third-order valence-electron chi connectivity index (χ3n) is 2.36. The third-order valence-corrected chi connectivity index (χ3v) is 4.94. The van der Waals surface area contributed by atoms with Crippen LogP contribution < -0.4 is 5.32 Å². The summed E-state index contributed by atoms with van der Waals surface area (Å²) < 4.78 is 1.44. The van der Waals surface area contributed by atoms with Crippen LogP contribution in [-0.2, 0) is 0 Å². The van der Waals surface area contributed by atoms with E-state index in [0.717, 1.165) is 3.79 Å². The van der Waals surface area contributed by atoms with E-state index in [1.807, 2.05) is 0 Å². The van der Waals surface area contributed by atoms with Gasteiger partial charge in [-0.3, -0.25) is 4.79 Å². The molecule has 0 aliphatic heterocycles. The Kier molecular flexibility index (Phi) is 4.85. The second-order valence-electron chi connectivity index (χ2n) is 3.69. The molecule has 0 saturated heterocycles. The maximum absolute atomic E-state index is 12.1. The van der Waals surface area contributed by atoms with Gasteiger partial charge in [0.05, 0.1) is 24.4 Å². The number of thiophene rings is 1. The zero-order valence-corrected chi connectivity index (χ0v) is 14.4. The highest BCUT2D eigenvalue weighted by molar-refractivity contribution is 9.12. The fourth-order valence-corrected chi connectivity index (χ4v) is 4.46. The number of carbonyl (C=O) groups is 2. The van der Waals surface area contributed by atoms with Crippen molar-refractivity contribution in [2.75, 3.05) is 5.32 Å². The lowest BCUT2D eigenvalue weighted by atomic mass is 10.1. The number of amides is 1. The van der Waals surface area contributed by atoms with Crippen molar-refractivity contribution >= 4 is 72.4 Å². The Morgan fingerprint density at radius 2 is 1.90 bits per heavy atom. The second kappa shape index (κ2) is 6.26. The van der Waals surface area contributed by atoms with Crippen molar-refractivity contribution in [2.45, 2.75) is 0 Å².